The summed E-state index contributed by atoms with van der Waals surface area (Å²) in [6, 6.07) is 10.1. The van der Waals surface area contributed by atoms with E-state index in [0.29, 0.717) is 36.7 Å². The fourth-order valence-corrected chi connectivity index (χ4v) is 4.88. The number of amides is 1. The van der Waals surface area contributed by atoms with E-state index in [0.717, 1.165) is 12.8 Å². The Hall–Kier alpha value is -2.73. The number of hydrogen-bond donors (Lipinski definition) is 1. The number of aliphatic hydroxyl groups is 1. The molecule has 0 saturated carbocycles. The molecule has 2 aromatic heterocycles. The van der Waals surface area contributed by atoms with E-state index >= 15 is 0 Å². The Bertz CT molecular complexity index is 1030. The van der Waals surface area contributed by atoms with Gasteiger partial charge in [0, 0.05) is 30.9 Å². The van der Waals surface area contributed by atoms with Crippen LogP contribution in [0.15, 0.2) is 42.7 Å². The highest BCUT2D eigenvalue weighted by Gasteiger charge is 2.48. The first-order chi connectivity index (χ1) is 13.1. The molecule has 1 unspecified atom stereocenters. The Morgan fingerprint density at radius 2 is 2.00 bits per heavy atom. The zero-order valence-corrected chi connectivity index (χ0v) is 15.3. The first kappa shape index (κ1) is 16.4. The van der Waals surface area contributed by atoms with Crippen molar-refractivity contribution < 1.29 is 9.90 Å². The van der Waals surface area contributed by atoms with Gasteiger partial charge in [0.15, 0.2) is 0 Å². The molecule has 6 nitrogen and oxygen atoms in total. The highest BCUT2D eigenvalue weighted by molar-refractivity contribution is 5.94. The molecule has 1 aliphatic heterocycles. The van der Waals surface area contributed by atoms with Gasteiger partial charge in [-0.15, -0.1) is 0 Å². The predicted octanol–water partition coefficient (Wildman–Crippen LogP) is 2.13. The van der Waals surface area contributed by atoms with Crippen LogP contribution in [0.1, 0.15) is 40.2 Å². The van der Waals surface area contributed by atoms with Crippen LogP contribution in [0.5, 0.6) is 0 Å². The van der Waals surface area contributed by atoms with Gasteiger partial charge in [0.25, 0.3) is 5.91 Å². The number of carbonyl (C=O) groups excluding carboxylic acids is 1. The Balaban J connectivity index is 1.42. The van der Waals surface area contributed by atoms with Crippen LogP contribution in [-0.4, -0.2) is 49.5 Å². The van der Waals surface area contributed by atoms with Crippen molar-refractivity contribution in [2.24, 2.45) is 0 Å². The smallest absolute Gasteiger partial charge is 0.272 e. The number of nitrogens with zero attached hydrogens (tertiary/aromatic N) is 4. The van der Waals surface area contributed by atoms with Crippen LogP contribution in [0.3, 0.4) is 0 Å². The molecule has 1 atom stereocenters. The number of likely N-dealkylation sites (tertiary alicyclic amines) is 1. The molecule has 1 amide bonds. The van der Waals surface area contributed by atoms with Crippen molar-refractivity contribution in [2.75, 3.05) is 13.1 Å². The Morgan fingerprint density at radius 3 is 2.81 bits per heavy atom. The third kappa shape index (κ3) is 2.33. The summed E-state index contributed by atoms with van der Waals surface area (Å²) in [6.07, 6.45) is 5.42. The number of aryl methyl sites for hydroxylation is 1. The average molecular weight is 362 g/mol. The minimum absolute atomic E-state index is 0.0105. The maximum Gasteiger partial charge on any atom is 0.272 e. The summed E-state index contributed by atoms with van der Waals surface area (Å²) >= 11 is 0. The monoisotopic (exact) mass is 362 g/mol. The van der Waals surface area contributed by atoms with Crippen LogP contribution in [0.25, 0.3) is 5.78 Å². The summed E-state index contributed by atoms with van der Waals surface area (Å²) in [6.45, 7) is 3.12. The van der Waals surface area contributed by atoms with E-state index in [1.54, 1.807) is 10.6 Å². The van der Waals surface area contributed by atoms with Gasteiger partial charge in [-0.05, 0) is 43.4 Å². The lowest BCUT2D eigenvalue weighted by atomic mass is 9.72. The average Bonchev–Trinajstić information content (AvgIpc) is 3.16. The van der Waals surface area contributed by atoms with Crippen molar-refractivity contribution in [2.45, 2.75) is 37.7 Å². The van der Waals surface area contributed by atoms with Gasteiger partial charge in [0.2, 0.25) is 5.78 Å². The number of aromatic nitrogens is 3. The number of rotatable bonds is 1. The molecule has 2 aliphatic rings. The molecule has 1 aliphatic carbocycles. The van der Waals surface area contributed by atoms with Crippen molar-refractivity contribution in [3.05, 3.63) is 65.2 Å². The van der Waals surface area contributed by atoms with Gasteiger partial charge in [-0.1, -0.05) is 24.3 Å². The van der Waals surface area contributed by atoms with Crippen LogP contribution in [0, 0.1) is 6.92 Å². The Labute approximate surface area is 157 Å². The van der Waals surface area contributed by atoms with Crippen LogP contribution < -0.4 is 0 Å². The molecular weight excluding hydrogens is 340 g/mol. The lowest BCUT2D eigenvalue weighted by Crippen LogP contribution is -2.49. The fourth-order valence-electron chi connectivity index (χ4n) is 4.88. The molecular formula is C21H22N4O2. The molecule has 0 bridgehead atoms. The zero-order chi connectivity index (χ0) is 18.6. The Kier molecular flexibility index (Phi) is 3.59. The molecule has 27 heavy (non-hydrogen) atoms. The summed E-state index contributed by atoms with van der Waals surface area (Å²) in [4.78, 5) is 23.7. The molecule has 1 saturated heterocycles. The lowest BCUT2D eigenvalue weighted by Gasteiger charge is -2.42. The van der Waals surface area contributed by atoms with Crippen LogP contribution in [0.4, 0.5) is 0 Å². The summed E-state index contributed by atoms with van der Waals surface area (Å²) in [5.74, 6) is 0.538. The van der Waals surface area contributed by atoms with E-state index in [4.69, 9.17) is 0 Å². The first-order valence-corrected chi connectivity index (χ1v) is 9.45. The molecule has 1 spiro atoms. The molecule has 138 valence electrons. The second-order valence-corrected chi connectivity index (χ2v) is 7.66. The lowest BCUT2D eigenvalue weighted by molar-refractivity contribution is 0.0361. The van der Waals surface area contributed by atoms with Gasteiger partial charge in [0.05, 0.1) is 11.8 Å². The molecule has 1 fully saturated rings. The molecule has 1 N–H and O–H groups in total. The molecule has 6 heteroatoms. The van der Waals surface area contributed by atoms with Gasteiger partial charge in [-0.3, -0.25) is 9.20 Å². The van der Waals surface area contributed by atoms with Crippen molar-refractivity contribution in [3.8, 4) is 0 Å². The highest BCUT2D eigenvalue weighted by Crippen LogP contribution is 2.46. The van der Waals surface area contributed by atoms with Gasteiger partial charge < -0.3 is 10.0 Å². The van der Waals surface area contributed by atoms with Crippen LogP contribution in [0.2, 0.25) is 0 Å². The standard InChI is InChI=1S/C21H22N4O2/c1-14-18(25-10-4-9-22-20(25)23-14)19(27)24-11-7-21(8-12-24)16-6-3-2-5-15(16)13-17(21)26/h2-6,9-10,17,26H,7-8,11-13H2,1H3. The van der Waals surface area contributed by atoms with E-state index in [1.807, 2.05) is 36.2 Å². The number of imidazole rings is 1. The third-order valence-corrected chi connectivity index (χ3v) is 6.33. The van der Waals surface area contributed by atoms with Gasteiger partial charge >= 0.3 is 0 Å². The number of fused-ring (bicyclic) bond motifs is 3. The topological polar surface area (TPSA) is 70.7 Å². The number of carbonyl (C=O) groups is 1. The quantitative estimate of drug-likeness (QED) is 0.720. The Morgan fingerprint density at radius 1 is 1.22 bits per heavy atom. The van der Waals surface area contributed by atoms with E-state index < -0.39 is 0 Å². The second-order valence-electron chi connectivity index (χ2n) is 7.66. The van der Waals surface area contributed by atoms with Crippen molar-refractivity contribution >= 4 is 11.7 Å². The van der Waals surface area contributed by atoms with Crippen LogP contribution in [-0.2, 0) is 11.8 Å². The summed E-state index contributed by atoms with van der Waals surface area (Å²) < 4.78 is 1.77. The normalized spacial score (nSPS) is 21.0. The first-order valence-electron chi connectivity index (χ1n) is 9.45. The molecule has 5 rings (SSSR count). The maximum absolute atomic E-state index is 13.2. The highest BCUT2D eigenvalue weighted by atomic mass is 16.3. The second kappa shape index (κ2) is 5.89. The summed E-state index contributed by atoms with van der Waals surface area (Å²) in [7, 11) is 0. The number of aliphatic hydroxyl groups excluding tert-OH is 1. The van der Waals surface area contributed by atoms with Crippen molar-refractivity contribution in [3.63, 3.8) is 0 Å². The SMILES string of the molecule is Cc1nc2ncccn2c1C(=O)N1CCC2(CC1)c1ccccc1CC2O. The molecule has 1 aromatic carbocycles. The number of hydrogen-bond acceptors (Lipinski definition) is 4. The minimum Gasteiger partial charge on any atom is -0.392 e. The number of benzene rings is 1. The van der Waals surface area contributed by atoms with Crippen molar-refractivity contribution in [1.82, 2.24) is 19.3 Å². The summed E-state index contributed by atoms with van der Waals surface area (Å²) in [5.41, 5.74) is 3.57. The van der Waals surface area contributed by atoms with E-state index in [9.17, 15) is 9.90 Å². The zero-order valence-electron chi connectivity index (χ0n) is 15.3. The minimum atomic E-state index is -0.367. The predicted molar refractivity (Wildman–Crippen MR) is 101 cm³/mol. The third-order valence-electron chi connectivity index (χ3n) is 6.33. The van der Waals surface area contributed by atoms with Gasteiger partial charge in [-0.25, -0.2) is 9.97 Å². The summed E-state index contributed by atoms with van der Waals surface area (Å²) in [5, 5.41) is 10.8. The largest absolute Gasteiger partial charge is 0.392 e. The fraction of sp³-hybridized carbons (Fsp3) is 0.381. The van der Waals surface area contributed by atoms with E-state index in [2.05, 4.69) is 22.1 Å². The van der Waals surface area contributed by atoms with Gasteiger partial charge in [0.1, 0.15) is 5.69 Å². The van der Waals surface area contributed by atoms with Crippen LogP contribution >= 0.6 is 0 Å². The van der Waals surface area contributed by atoms with Crippen molar-refractivity contribution in [1.29, 1.82) is 0 Å². The molecule has 3 heterocycles. The maximum atomic E-state index is 13.2. The van der Waals surface area contributed by atoms with E-state index in [1.165, 1.54) is 11.1 Å². The van der Waals surface area contributed by atoms with E-state index in [-0.39, 0.29) is 17.4 Å². The number of piperidine rings is 1. The molecule has 3 aromatic rings. The van der Waals surface area contributed by atoms with Gasteiger partial charge in [-0.2, -0.15) is 0 Å². The molecule has 0 radical (unpaired) electrons.